The predicted octanol–water partition coefficient (Wildman–Crippen LogP) is 5.05. The molecule has 3 rings (SSSR count). The van der Waals surface area contributed by atoms with E-state index in [1.807, 2.05) is 0 Å². The lowest BCUT2D eigenvalue weighted by atomic mass is 10.1. The zero-order valence-corrected chi connectivity index (χ0v) is 17.4. The molecule has 0 aliphatic carbocycles. The Balaban J connectivity index is 1.95. The van der Waals surface area contributed by atoms with Gasteiger partial charge in [-0.2, -0.15) is 13.2 Å². The summed E-state index contributed by atoms with van der Waals surface area (Å²) in [5, 5.41) is 3.12. The van der Waals surface area contributed by atoms with Crippen LogP contribution in [0.25, 0.3) is 22.6 Å². The number of aromatic amines is 1. The molecule has 2 N–H and O–H groups in total. The number of amides is 1. The molecule has 2 aromatic carbocycles. The van der Waals surface area contributed by atoms with Gasteiger partial charge in [-0.3, -0.25) is 9.59 Å². The van der Waals surface area contributed by atoms with Crippen LogP contribution in [0.4, 0.5) is 13.2 Å². The van der Waals surface area contributed by atoms with Gasteiger partial charge in [0.2, 0.25) is 5.91 Å². The first-order valence-electron chi connectivity index (χ1n) is 9.40. The van der Waals surface area contributed by atoms with E-state index in [-0.39, 0.29) is 29.9 Å². The van der Waals surface area contributed by atoms with E-state index in [9.17, 15) is 22.8 Å². The quantitative estimate of drug-likeness (QED) is 0.572. The molecule has 0 saturated heterocycles. The van der Waals surface area contributed by atoms with Gasteiger partial charge in [0.05, 0.1) is 16.3 Å². The molecule has 31 heavy (non-hydrogen) atoms. The van der Waals surface area contributed by atoms with Crippen molar-refractivity contribution in [2.45, 2.75) is 26.6 Å². The first kappa shape index (κ1) is 22.6. The highest BCUT2D eigenvalue weighted by Gasteiger charge is 2.30. The maximum absolute atomic E-state index is 12.8. The molecule has 1 heterocycles. The van der Waals surface area contributed by atoms with Crippen LogP contribution < -0.4 is 10.9 Å². The fourth-order valence-corrected chi connectivity index (χ4v) is 3.03. The topological polar surface area (TPSA) is 74.8 Å². The lowest BCUT2D eigenvalue weighted by Gasteiger charge is -2.11. The summed E-state index contributed by atoms with van der Waals surface area (Å²) in [6, 6.07) is 10.6. The van der Waals surface area contributed by atoms with Crippen molar-refractivity contribution in [2.24, 2.45) is 5.92 Å². The second-order valence-corrected chi connectivity index (χ2v) is 7.65. The van der Waals surface area contributed by atoms with Crippen molar-refractivity contribution in [3.8, 4) is 22.6 Å². The molecule has 9 heteroatoms. The zero-order chi connectivity index (χ0) is 22.8. The van der Waals surface area contributed by atoms with E-state index in [1.54, 1.807) is 32.0 Å². The van der Waals surface area contributed by atoms with Gasteiger partial charge in [-0.15, -0.1) is 0 Å². The highest BCUT2D eigenvalue weighted by molar-refractivity contribution is 6.33. The van der Waals surface area contributed by atoms with Gasteiger partial charge >= 0.3 is 6.18 Å². The predicted molar refractivity (Wildman–Crippen MR) is 112 cm³/mol. The van der Waals surface area contributed by atoms with Crippen LogP contribution in [0.2, 0.25) is 5.02 Å². The van der Waals surface area contributed by atoms with Gasteiger partial charge in [-0.05, 0) is 29.8 Å². The Morgan fingerprint density at radius 2 is 1.81 bits per heavy atom. The number of hydrogen-bond acceptors (Lipinski definition) is 3. The monoisotopic (exact) mass is 449 g/mol. The van der Waals surface area contributed by atoms with Gasteiger partial charge in [0.25, 0.3) is 5.56 Å². The average Bonchev–Trinajstić information content (AvgIpc) is 2.71. The lowest BCUT2D eigenvalue weighted by molar-refractivity contribution is -0.137. The summed E-state index contributed by atoms with van der Waals surface area (Å²) in [5.41, 5.74) is 0.480. The number of nitrogens with one attached hydrogen (secondary N) is 2. The largest absolute Gasteiger partial charge is 0.416 e. The number of hydrogen-bond donors (Lipinski definition) is 2. The molecule has 5 nitrogen and oxygen atoms in total. The van der Waals surface area contributed by atoms with Crippen molar-refractivity contribution in [1.29, 1.82) is 0 Å². The minimum atomic E-state index is -4.45. The van der Waals surface area contributed by atoms with Crippen LogP contribution in [-0.2, 0) is 17.5 Å². The van der Waals surface area contributed by atoms with Crippen molar-refractivity contribution in [1.82, 2.24) is 15.3 Å². The van der Waals surface area contributed by atoms with Gasteiger partial charge in [0.15, 0.2) is 0 Å². The number of nitrogens with zero attached hydrogens (tertiary/aromatic N) is 1. The van der Waals surface area contributed by atoms with Crippen molar-refractivity contribution in [2.75, 3.05) is 0 Å². The number of aromatic nitrogens is 2. The van der Waals surface area contributed by atoms with E-state index < -0.39 is 17.3 Å². The molecule has 0 bridgehead atoms. The molecule has 1 aromatic heterocycles. The van der Waals surface area contributed by atoms with E-state index in [0.717, 1.165) is 17.7 Å². The zero-order valence-electron chi connectivity index (χ0n) is 16.7. The molecule has 3 aromatic rings. The van der Waals surface area contributed by atoms with Crippen molar-refractivity contribution in [3.63, 3.8) is 0 Å². The third-order valence-corrected chi connectivity index (χ3v) is 4.86. The molecule has 0 saturated carbocycles. The van der Waals surface area contributed by atoms with Crippen LogP contribution in [-0.4, -0.2) is 15.9 Å². The van der Waals surface area contributed by atoms with Crippen LogP contribution in [0.15, 0.2) is 53.3 Å². The first-order chi connectivity index (χ1) is 14.5. The fourth-order valence-electron chi connectivity index (χ4n) is 2.82. The molecule has 0 fully saturated rings. The smallest absolute Gasteiger partial charge is 0.352 e. The molecular formula is C22H19ClF3N3O2. The van der Waals surface area contributed by atoms with Gasteiger partial charge in [-0.1, -0.05) is 43.6 Å². The number of benzene rings is 2. The van der Waals surface area contributed by atoms with Gasteiger partial charge in [-0.25, -0.2) is 4.98 Å². The highest BCUT2D eigenvalue weighted by Crippen LogP contribution is 2.31. The number of rotatable bonds is 5. The maximum atomic E-state index is 12.8. The molecule has 0 spiro atoms. The first-order valence-corrected chi connectivity index (χ1v) is 9.78. The summed E-state index contributed by atoms with van der Waals surface area (Å²) >= 11 is 6.29. The number of alkyl halides is 3. The van der Waals surface area contributed by atoms with Crippen LogP contribution in [0.5, 0.6) is 0 Å². The SMILES string of the molecule is CC(C)C(=O)NCc1ccc(Cl)c(-c2nc(-c3ccc(C(F)(F)F)cc3)cc(=O)[nH]2)c1. The summed E-state index contributed by atoms with van der Waals surface area (Å²) in [7, 11) is 0. The lowest BCUT2D eigenvalue weighted by Crippen LogP contribution is -2.27. The number of H-pyrrole nitrogens is 1. The summed E-state index contributed by atoms with van der Waals surface area (Å²) in [4.78, 5) is 31.0. The highest BCUT2D eigenvalue weighted by atomic mass is 35.5. The minimum Gasteiger partial charge on any atom is -0.352 e. The normalized spacial score (nSPS) is 11.6. The van der Waals surface area contributed by atoms with E-state index in [4.69, 9.17) is 11.6 Å². The maximum Gasteiger partial charge on any atom is 0.416 e. The Labute approximate surface area is 181 Å². The number of carbonyl (C=O) groups excluding carboxylic acids is 1. The number of carbonyl (C=O) groups is 1. The van der Waals surface area contributed by atoms with Crippen LogP contribution >= 0.6 is 11.6 Å². The Bertz CT molecular complexity index is 1160. The molecule has 0 radical (unpaired) electrons. The van der Waals surface area contributed by atoms with E-state index in [0.29, 0.717) is 16.1 Å². The van der Waals surface area contributed by atoms with Gasteiger partial charge in [0, 0.05) is 29.7 Å². The van der Waals surface area contributed by atoms with E-state index in [2.05, 4.69) is 15.3 Å². The van der Waals surface area contributed by atoms with Crippen molar-refractivity contribution >= 4 is 17.5 Å². The second-order valence-electron chi connectivity index (χ2n) is 7.24. The molecule has 162 valence electrons. The summed E-state index contributed by atoms with van der Waals surface area (Å²) < 4.78 is 38.4. The molecule has 0 atom stereocenters. The van der Waals surface area contributed by atoms with E-state index in [1.165, 1.54) is 18.2 Å². The van der Waals surface area contributed by atoms with Crippen LogP contribution in [0.1, 0.15) is 25.0 Å². The van der Waals surface area contributed by atoms with E-state index >= 15 is 0 Å². The van der Waals surface area contributed by atoms with Crippen LogP contribution in [0.3, 0.4) is 0 Å². The third-order valence-electron chi connectivity index (χ3n) is 4.53. The summed E-state index contributed by atoms with van der Waals surface area (Å²) in [5.74, 6) is -0.0954. The molecular weight excluding hydrogens is 431 g/mol. The second kappa shape index (κ2) is 8.93. The average molecular weight is 450 g/mol. The molecule has 0 unspecified atom stereocenters. The Morgan fingerprint density at radius 1 is 1.13 bits per heavy atom. The van der Waals surface area contributed by atoms with Crippen molar-refractivity contribution in [3.05, 3.63) is 75.0 Å². The summed E-state index contributed by atoms with van der Waals surface area (Å²) in [6.07, 6.45) is -4.45. The molecule has 0 aliphatic rings. The Kier molecular flexibility index (Phi) is 6.50. The minimum absolute atomic E-state index is 0.104. The molecule has 1 amide bonds. The van der Waals surface area contributed by atoms with Crippen LogP contribution in [0, 0.1) is 5.92 Å². The fraction of sp³-hybridized carbons (Fsp3) is 0.227. The Morgan fingerprint density at radius 3 is 2.42 bits per heavy atom. The molecule has 0 aliphatic heterocycles. The number of halogens is 4. The third kappa shape index (κ3) is 5.52. The standard InChI is InChI=1S/C22H19ClF3N3O2/c1-12(2)21(31)27-11-13-3-8-17(23)16(9-13)20-28-18(10-19(30)29-20)14-4-6-15(7-5-14)22(24,25)26/h3-10,12H,11H2,1-2H3,(H,27,31)(H,28,29,30). The van der Waals surface area contributed by atoms with Gasteiger partial charge < -0.3 is 10.3 Å². The summed E-state index contributed by atoms with van der Waals surface area (Å²) in [6.45, 7) is 3.83. The van der Waals surface area contributed by atoms with Crippen molar-refractivity contribution < 1.29 is 18.0 Å². The van der Waals surface area contributed by atoms with Gasteiger partial charge in [0.1, 0.15) is 5.82 Å². The Hall–Kier alpha value is -3.13.